The molecular formula is C31H42Cl3N5O5S. The Morgan fingerprint density at radius 1 is 1.11 bits per heavy atom. The third-order valence-corrected chi connectivity index (χ3v) is 9.52. The third kappa shape index (κ3) is 11.4. The Morgan fingerprint density at radius 2 is 1.82 bits per heavy atom. The number of carbonyl (C=O) groups is 1. The summed E-state index contributed by atoms with van der Waals surface area (Å²) in [7, 11) is -4.22. The first-order valence-corrected chi connectivity index (χ1v) is 16.7. The summed E-state index contributed by atoms with van der Waals surface area (Å²) in [5, 5.41) is 17.1. The number of nitrogens with two attached hydrogens (primary N) is 1. The maximum Gasteiger partial charge on any atom is 0.320 e. The second-order valence-electron chi connectivity index (χ2n) is 10.9. The van der Waals surface area contributed by atoms with Gasteiger partial charge in [-0.2, -0.15) is 0 Å². The number of piperidine rings is 1. The summed E-state index contributed by atoms with van der Waals surface area (Å²) in [6, 6.07) is 11.6. The lowest BCUT2D eigenvalue weighted by Crippen LogP contribution is -2.42. The molecule has 0 amide bonds. The van der Waals surface area contributed by atoms with Gasteiger partial charge in [0.05, 0.1) is 23.1 Å². The molecule has 0 radical (unpaired) electrons. The van der Waals surface area contributed by atoms with Crippen LogP contribution in [0.4, 0.5) is 5.69 Å². The summed E-state index contributed by atoms with van der Waals surface area (Å²) < 4.78 is 33.3. The number of aliphatic carboxylic acids is 1. The summed E-state index contributed by atoms with van der Waals surface area (Å²) in [6.45, 7) is 2.50. The summed E-state index contributed by atoms with van der Waals surface area (Å²) in [4.78, 5) is 18.6. The highest BCUT2D eigenvalue weighted by Gasteiger charge is 2.27. The maximum absolute atomic E-state index is 13.0. The van der Waals surface area contributed by atoms with E-state index in [4.69, 9.17) is 32.5 Å². The molecule has 10 nitrogen and oxygen atoms in total. The van der Waals surface area contributed by atoms with E-state index in [1.165, 1.54) is 37.6 Å². The predicted octanol–water partition coefficient (Wildman–Crippen LogP) is 6.00. The van der Waals surface area contributed by atoms with Crippen LogP contribution in [0.1, 0.15) is 62.5 Å². The number of aliphatic imine (C=N–C) groups is 1. The summed E-state index contributed by atoms with van der Waals surface area (Å²) in [5.41, 5.74) is 7.05. The van der Waals surface area contributed by atoms with Crippen molar-refractivity contribution in [2.24, 2.45) is 10.7 Å². The summed E-state index contributed by atoms with van der Waals surface area (Å²) in [5.74, 6) is -0.938. The highest BCUT2D eigenvalue weighted by Crippen LogP contribution is 2.33. The van der Waals surface area contributed by atoms with Crippen molar-refractivity contribution in [2.75, 3.05) is 36.2 Å². The predicted molar refractivity (Wildman–Crippen MR) is 186 cm³/mol. The maximum atomic E-state index is 13.0. The number of nitrogens with zero attached hydrogens (tertiary/aromatic N) is 3. The van der Waals surface area contributed by atoms with Gasteiger partial charge >= 0.3 is 5.97 Å². The molecule has 0 saturated carbocycles. The highest BCUT2D eigenvalue weighted by molar-refractivity contribution is 7.93. The number of rotatable bonds is 10. The molecule has 0 spiro atoms. The van der Waals surface area contributed by atoms with E-state index < -0.39 is 21.7 Å². The van der Waals surface area contributed by atoms with Gasteiger partial charge in [0.1, 0.15) is 17.7 Å². The molecule has 2 aliphatic rings. The van der Waals surface area contributed by atoms with Crippen LogP contribution in [-0.4, -0.2) is 74.1 Å². The zero-order valence-electron chi connectivity index (χ0n) is 25.1. The number of amidine groups is 2. The first kappa shape index (κ1) is 38.2. The fourth-order valence-corrected chi connectivity index (χ4v) is 6.77. The van der Waals surface area contributed by atoms with E-state index in [9.17, 15) is 18.3 Å². The average molecular weight is 703 g/mol. The smallest absolute Gasteiger partial charge is 0.320 e. The molecule has 0 atom stereocenters. The van der Waals surface area contributed by atoms with Crippen molar-refractivity contribution in [3.05, 3.63) is 64.7 Å². The number of likely N-dealkylation sites (tertiary alicyclic amines) is 1. The molecule has 1 fully saturated rings. The molecule has 2 heterocycles. The Balaban J connectivity index is 0.00000353. The van der Waals surface area contributed by atoms with E-state index in [-0.39, 0.29) is 54.0 Å². The lowest BCUT2D eigenvalue weighted by Gasteiger charge is -2.34. The lowest BCUT2D eigenvalue weighted by molar-refractivity contribution is -0.134. The van der Waals surface area contributed by atoms with Crippen LogP contribution in [0.15, 0.2) is 53.5 Å². The molecule has 2 aliphatic heterocycles. The third-order valence-electron chi connectivity index (χ3n) is 7.58. The first-order valence-electron chi connectivity index (χ1n) is 14.7. The molecule has 0 aromatic heterocycles. The van der Waals surface area contributed by atoms with Gasteiger partial charge in [-0.05, 0) is 42.7 Å². The van der Waals surface area contributed by atoms with Crippen molar-refractivity contribution in [2.45, 2.75) is 57.5 Å². The molecular weight excluding hydrogens is 661 g/mol. The Kier molecular flexibility index (Phi) is 15.5. The van der Waals surface area contributed by atoms with Crippen molar-refractivity contribution in [3.63, 3.8) is 0 Å². The normalized spacial score (nSPS) is 16.3. The highest BCUT2D eigenvalue weighted by atomic mass is 35.5. The fourth-order valence-electron chi connectivity index (χ4n) is 5.33. The van der Waals surface area contributed by atoms with E-state index in [0.717, 1.165) is 49.6 Å². The molecule has 0 bridgehead atoms. The van der Waals surface area contributed by atoms with Crippen molar-refractivity contribution >= 4 is 75.8 Å². The largest absolute Gasteiger partial charge is 0.489 e. The topological polar surface area (TPSA) is 149 Å². The van der Waals surface area contributed by atoms with Crippen LogP contribution in [0.5, 0.6) is 5.75 Å². The van der Waals surface area contributed by atoms with Crippen molar-refractivity contribution in [1.29, 1.82) is 5.41 Å². The number of nitrogen functional groups attached to an aromatic ring is 1. The van der Waals surface area contributed by atoms with Crippen LogP contribution >= 0.6 is 36.4 Å². The number of sulfonamides is 1. The Hall–Kier alpha value is -2.99. The van der Waals surface area contributed by atoms with Crippen LogP contribution in [0.3, 0.4) is 0 Å². The van der Waals surface area contributed by atoms with Gasteiger partial charge in [0.2, 0.25) is 10.0 Å². The summed E-state index contributed by atoms with van der Waals surface area (Å²) >= 11 is 6.58. The van der Waals surface area contributed by atoms with E-state index in [2.05, 4.69) is 4.90 Å². The van der Waals surface area contributed by atoms with Crippen LogP contribution < -0.4 is 14.8 Å². The van der Waals surface area contributed by atoms with Crippen LogP contribution in [0, 0.1) is 5.41 Å². The van der Waals surface area contributed by atoms with Gasteiger partial charge in [0.15, 0.2) is 5.75 Å². The molecule has 2 aromatic carbocycles. The van der Waals surface area contributed by atoms with Crippen LogP contribution in [0.25, 0.3) is 6.08 Å². The lowest BCUT2D eigenvalue weighted by atomic mass is 10.1. The minimum Gasteiger partial charge on any atom is -0.489 e. The fraction of sp³-hybridized carbons (Fsp3) is 0.452. The summed E-state index contributed by atoms with van der Waals surface area (Å²) in [6.07, 6.45) is 12.1. The monoisotopic (exact) mass is 701 g/mol. The number of halogens is 3. The number of benzene rings is 2. The van der Waals surface area contributed by atoms with Gasteiger partial charge in [0.25, 0.3) is 0 Å². The molecule has 1 saturated heterocycles. The SMILES string of the molecule is Cl.Cl.N=C(N)c1cccc(/C=C/CN(c2ccc(OC3CCN(C4=NCCCCCCC4)CC3)c(Cl)c2)S(=O)(=O)CC(=O)O)c1. The van der Waals surface area contributed by atoms with Crippen molar-refractivity contribution in [3.8, 4) is 5.75 Å². The van der Waals surface area contributed by atoms with Gasteiger partial charge in [-0.1, -0.05) is 61.2 Å². The van der Waals surface area contributed by atoms with E-state index in [0.29, 0.717) is 16.9 Å². The van der Waals surface area contributed by atoms with E-state index >= 15 is 0 Å². The number of nitrogens with one attached hydrogen (secondary N) is 1. The van der Waals surface area contributed by atoms with Gasteiger partial charge in [-0.25, -0.2) is 8.42 Å². The molecule has 4 rings (SSSR count). The number of hydrogen-bond donors (Lipinski definition) is 3. The Morgan fingerprint density at radius 3 is 2.51 bits per heavy atom. The standard InChI is InChI=1S/C31H40ClN5O5S.2ClH/c32-27-21-25(37(43(40,41)22-30(38)39)17-7-9-23-8-6-10-24(20-23)31(33)34)12-13-28(27)42-26-14-18-36(19-15-26)29-11-4-2-1-3-5-16-35-29;;/h6-10,12-13,20-21,26H,1-5,11,14-19,22H2,(H3,33,34)(H,38,39);2*1H/b9-7+,35-29?;;. The Bertz CT molecular complexity index is 1460. The molecule has 14 heteroatoms. The van der Waals surface area contributed by atoms with E-state index in [1.54, 1.807) is 48.6 Å². The zero-order valence-corrected chi connectivity index (χ0v) is 28.3. The molecule has 248 valence electrons. The molecule has 45 heavy (non-hydrogen) atoms. The van der Waals surface area contributed by atoms with Crippen LogP contribution in [-0.2, 0) is 14.8 Å². The number of hydrogen-bond acceptors (Lipinski definition) is 7. The van der Waals surface area contributed by atoms with E-state index in [1.807, 2.05) is 0 Å². The Labute approximate surface area is 283 Å². The van der Waals surface area contributed by atoms with Crippen molar-refractivity contribution in [1.82, 2.24) is 4.90 Å². The average Bonchev–Trinajstić information content (AvgIpc) is 3.10. The van der Waals surface area contributed by atoms with Gasteiger partial charge in [0, 0.05) is 44.5 Å². The quantitative estimate of drug-likeness (QED) is 0.203. The molecule has 2 aromatic rings. The minimum atomic E-state index is -4.22. The second kappa shape index (κ2) is 18.2. The number of carboxylic acid groups (broad SMARTS) is 1. The zero-order chi connectivity index (χ0) is 30.8. The second-order valence-corrected chi connectivity index (χ2v) is 13.2. The van der Waals surface area contributed by atoms with Crippen molar-refractivity contribution < 1.29 is 23.1 Å². The number of anilines is 1. The van der Waals surface area contributed by atoms with Gasteiger partial charge in [-0.3, -0.25) is 19.5 Å². The number of ether oxygens (including phenoxy) is 1. The van der Waals surface area contributed by atoms with Gasteiger partial charge in [-0.15, -0.1) is 24.8 Å². The van der Waals surface area contributed by atoms with Crippen LogP contribution in [0.2, 0.25) is 5.02 Å². The molecule has 0 aliphatic carbocycles. The number of carboxylic acids is 1. The minimum absolute atomic E-state index is 0. The first-order chi connectivity index (χ1) is 20.6. The van der Waals surface area contributed by atoms with Gasteiger partial charge < -0.3 is 20.5 Å². The molecule has 0 unspecified atom stereocenters. The molecule has 4 N–H and O–H groups in total.